The van der Waals surface area contributed by atoms with Crippen molar-refractivity contribution >= 4 is 29.3 Å². The zero-order chi connectivity index (χ0) is 11.3. The first-order valence-corrected chi connectivity index (χ1v) is 6.98. The van der Waals surface area contributed by atoms with Crippen molar-refractivity contribution in [1.29, 1.82) is 0 Å². The van der Waals surface area contributed by atoms with E-state index in [1.165, 1.54) is 6.42 Å². The lowest BCUT2D eigenvalue weighted by Crippen LogP contribution is -2.37. The molecule has 4 nitrogen and oxygen atoms in total. The van der Waals surface area contributed by atoms with Crippen molar-refractivity contribution in [2.24, 2.45) is 0 Å². The zero-order valence-electron chi connectivity index (χ0n) is 8.33. The molecule has 0 aromatic carbocycles. The van der Waals surface area contributed by atoms with Gasteiger partial charge in [-0.25, -0.2) is 0 Å². The molecule has 0 aliphatic carbocycles. The molecule has 1 rings (SSSR count). The number of Topliss-reactive ketones (excluding diaryl/α,β-unsaturated/α-hetero) is 1. The van der Waals surface area contributed by atoms with Crippen LogP contribution in [0.5, 0.6) is 0 Å². The van der Waals surface area contributed by atoms with E-state index in [4.69, 9.17) is 5.11 Å². The van der Waals surface area contributed by atoms with Crippen LogP contribution in [0.2, 0.25) is 0 Å². The van der Waals surface area contributed by atoms with Gasteiger partial charge in [0.25, 0.3) is 0 Å². The summed E-state index contributed by atoms with van der Waals surface area (Å²) in [6, 6.07) is 0. The Morgan fingerprint density at radius 1 is 1.33 bits per heavy atom. The minimum Gasteiger partial charge on any atom is -0.390 e. The molecular formula is C9H16O4S2. The third kappa shape index (κ3) is 4.32. The maximum absolute atomic E-state index is 10.9. The van der Waals surface area contributed by atoms with E-state index in [1.807, 2.05) is 0 Å². The molecular weight excluding hydrogens is 236 g/mol. The van der Waals surface area contributed by atoms with E-state index in [0.29, 0.717) is 6.42 Å². The normalized spacial score (nSPS) is 22.3. The van der Waals surface area contributed by atoms with Gasteiger partial charge < -0.3 is 15.3 Å². The number of rotatable bonds is 5. The summed E-state index contributed by atoms with van der Waals surface area (Å²) in [6.45, 7) is -0.719. The van der Waals surface area contributed by atoms with Crippen LogP contribution in [0.25, 0.3) is 0 Å². The quantitative estimate of drug-likeness (QED) is 0.632. The van der Waals surface area contributed by atoms with Gasteiger partial charge in [-0.2, -0.15) is 0 Å². The van der Waals surface area contributed by atoms with Crippen LogP contribution in [0.4, 0.5) is 0 Å². The molecule has 1 fully saturated rings. The number of hydrogen-bond donors (Lipinski definition) is 3. The molecule has 0 bridgehead atoms. The fourth-order valence-corrected chi connectivity index (χ4v) is 4.27. The van der Waals surface area contributed by atoms with E-state index in [2.05, 4.69) is 0 Å². The predicted octanol–water partition coefficient (Wildman–Crippen LogP) is -0.144. The Morgan fingerprint density at radius 3 is 2.47 bits per heavy atom. The second-order valence-electron chi connectivity index (χ2n) is 3.40. The Kier molecular flexibility index (Phi) is 5.99. The fraction of sp³-hybridized carbons (Fsp3) is 0.889. The van der Waals surface area contributed by atoms with Crippen molar-refractivity contribution in [1.82, 2.24) is 0 Å². The predicted molar refractivity (Wildman–Crippen MR) is 62.0 cm³/mol. The molecule has 3 N–H and O–H groups in total. The third-order valence-corrected chi connectivity index (χ3v) is 5.17. The van der Waals surface area contributed by atoms with E-state index < -0.39 is 24.6 Å². The molecule has 0 aromatic heterocycles. The third-order valence-electron chi connectivity index (χ3n) is 2.18. The highest BCUT2D eigenvalue weighted by atomic mass is 32.2. The van der Waals surface area contributed by atoms with Crippen LogP contribution in [0, 0.1) is 0 Å². The minimum absolute atomic E-state index is 0.245. The molecule has 15 heavy (non-hydrogen) atoms. The highest BCUT2D eigenvalue weighted by Gasteiger charge is 2.27. The van der Waals surface area contributed by atoms with Crippen LogP contribution in [0.15, 0.2) is 0 Å². The Hall–Kier alpha value is 0.250. The summed E-state index contributed by atoms with van der Waals surface area (Å²) < 4.78 is 0.245. The summed E-state index contributed by atoms with van der Waals surface area (Å²) in [7, 11) is 0. The molecule has 0 unspecified atom stereocenters. The Balaban J connectivity index is 2.32. The SMILES string of the molecule is O=C(CO)[C@@H](O)[C@H](O)CC1SCCCS1. The van der Waals surface area contributed by atoms with Gasteiger partial charge in [0.1, 0.15) is 12.7 Å². The maximum atomic E-state index is 10.9. The van der Waals surface area contributed by atoms with Gasteiger partial charge in [-0.05, 0) is 24.3 Å². The van der Waals surface area contributed by atoms with Crippen molar-refractivity contribution in [3.05, 3.63) is 0 Å². The van der Waals surface area contributed by atoms with Crippen molar-refractivity contribution < 1.29 is 20.1 Å². The van der Waals surface area contributed by atoms with E-state index in [-0.39, 0.29) is 4.58 Å². The molecule has 1 heterocycles. The summed E-state index contributed by atoms with van der Waals surface area (Å²) in [5.41, 5.74) is 0. The minimum atomic E-state index is -1.45. The molecule has 0 saturated carbocycles. The lowest BCUT2D eigenvalue weighted by molar-refractivity contribution is -0.135. The number of carbonyl (C=O) groups excluding carboxylic acids is 1. The highest BCUT2D eigenvalue weighted by Crippen LogP contribution is 2.34. The van der Waals surface area contributed by atoms with Gasteiger partial charge >= 0.3 is 0 Å². The maximum Gasteiger partial charge on any atom is 0.189 e. The van der Waals surface area contributed by atoms with E-state index in [0.717, 1.165) is 11.5 Å². The first kappa shape index (κ1) is 13.3. The summed E-state index contributed by atoms with van der Waals surface area (Å²) in [6.07, 6.45) is -0.951. The number of aliphatic hydroxyl groups excluding tert-OH is 3. The molecule has 0 radical (unpaired) electrons. The van der Waals surface area contributed by atoms with Gasteiger partial charge in [-0.15, -0.1) is 23.5 Å². The molecule has 0 aromatic rings. The average Bonchev–Trinajstić information content (AvgIpc) is 2.28. The summed E-state index contributed by atoms with van der Waals surface area (Å²) in [5, 5.41) is 27.4. The monoisotopic (exact) mass is 252 g/mol. The van der Waals surface area contributed by atoms with Gasteiger partial charge in [-0.1, -0.05) is 0 Å². The van der Waals surface area contributed by atoms with Crippen molar-refractivity contribution in [3.8, 4) is 0 Å². The lowest BCUT2D eigenvalue weighted by Gasteiger charge is -2.24. The molecule has 6 heteroatoms. The van der Waals surface area contributed by atoms with Crippen LogP contribution in [-0.4, -0.2) is 56.0 Å². The standard InChI is InChI=1S/C9H16O4S2/c10-5-7(12)9(13)6(11)4-8-14-2-1-3-15-8/h6,8-11,13H,1-5H2/t6-,9+/m1/s1. The van der Waals surface area contributed by atoms with E-state index in [9.17, 15) is 15.0 Å². The molecule has 1 aliphatic heterocycles. The van der Waals surface area contributed by atoms with Gasteiger partial charge in [0, 0.05) is 0 Å². The summed E-state index contributed by atoms with van der Waals surface area (Å²) >= 11 is 3.49. The topological polar surface area (TPSA) is 77.8 Å². The molecule has 88 valence electrons. The van der Waals surface area contributed by atoms with Crippen LogP contribution in [0.1, 0.15) is 12.8 Å². The second-order valence-corrected chi connectivity index (χ2v) is 6.32. The number of hydrogen-bond acceptors (Lipinski definition) is 6. The Morgan fingerprint density at radius 2 is 1.93 bits per heavy atom. The molecule has 0 spiro atoms. The first-order valence-electron chi connectivity index (χ1n) is 4.88. The van der Waals surface area contributed by atoms with Crippen molar-refractivity contribution in [2.45, 2.75) is 29.6 Å². The smallest absolute Gasteiger partial charge is 0.189 e. The first-order chi connectivity index (χ1) is 7.15. The average molecular weight is 252 g/mol. The fourth-order valence-electron chi connectivity index (χ4n) is 1.31. The number of carbonyl (C=O) groups is 1. The number of thioether (sulfide) groups is 2. The van der Waals surface area contributed by atoms with E-state index >= 15 is 0 Å². The van der Waals surface area contributed by atoms with Crippen LogP contribution < -0.4 is 0 Å². The Labute approximate surface area is 97.4 Å². The van der Waals surface area contributed by atoms with Crippen LogP contribution in [0.3, 0.4) is 0 Å². The van der Waals surface area contributed by atoms with Gasteiger partial charge in [0.2, 0.25) is 0 Å². The van der Waals surface area contributed by atoms with Gasteiger partial charge in [0.05, 0.1) is 10.7 Å². The summed E-state index contributed by atoms with van der Waals surface area (Å²) in [4.78, 5) is 10.9. The molecule has 1 saturated heterocycles. The van der Waals surface area contributed by atoms with Crippen molar-refractivity contribution in [3.63, 3.8) is 0 Å². The second kappa shape index (κ2) is 6.75. The zero-order valence-corrected chi connectivity index (χ0v) is 9.97. The molecule has 1 aliphatic rings. The largest absolute Gasteiger partial charge is 0.390 e. The van der Waals surface area contributed by atoms with E-state index in [1.54, 1.807) is 23.5 Å². The Bertz CT molecular complexity index is 206. The van der Waals surface area contributed by atoms with Gasteiger partial charge in [0.15, 0.2) is 5.78 Å². The number of aliphatic hydroxyl groups is 3. The molecule has 2 atom stereocenters. The van der Waals surface area contributed by atoms with Crippen LogP contribution in [-0.2, 0) is 4.79 Å². The van der Waals surface area contributed by atoms with Crippen molar-refractivity contribution in [2.75, 3.05) is 18.1 Å². The number of ketones is 1. The summed E-state index contributed by atoms with van der Waals surface area (Å²) in [5.74, 6) is 1.41. The highest BCUT2D eigenvalue weighted by molar-refractivity contribution is 8.17. The molecule has 0 amide bonds. The van der Waals surface area contributed by atoms with Crippen LogP contribution >= 0.6 is 23.5 Å². The lowest BCUT2D eigenvalue weighted by atomic mass is 10.1. The van der Waals surface area contributed by atoms with Gasteiger partial charge in [-0.3, -0.25) is 4.79 Å².